The quantitative estimate of drug-likeness (QED) is 0.542. The average molecular weight is 373 g/mol. The fourth-order valence-electron chi connectivity index (χ4n) is 3.79. The topological polar surface area (TPSA) is 46.8 Å². The van der Waals surface area contributed by atoms with Gasteiger partial charge in [0.2, 0.25) is 0 Å². The van der Waals surface area contributed by atoms with Gasteiger partial charge in [-0.25, -0.2) is 0 Å². The van der Waals surface area contributed by atoms with E-state index in [-0.39, 0.29) is 6.04 Å². The van der Waals surface area contributed by atoms with E-state index < -0.39 is 0 Å². The first-order valence-electron chi connectivity index (χ1n) is 9.05. The lowest BCUT2D eigenvalue weighted by atomic mass is 9.96. The summed E-state index contributed by atoms with van der Waals surface area (Å²) in [6, 6.07) is 21.6. The van der Waals surface area contributed by atoms with Gasteiger partial charge in [-0.3, -0.25) is 9.88 Å². The van der Waals surface area contributed by atoms with Crippen molar-refractivity contribution in [3.63, 3.8) is 0 Å². The van der Waals surface area contributed by atoms with Crippen molar-refractivity contribution in [3.05, 3.63) is 89.3 Å². The second-order valence-electron chi connectivity index (χ2n) is 6.65. The Bertz CT molecular complexity index is 972. The van der Waals surface area contributed by atoms with Crippen molar-refractivity contribution in [1.82, 2.24) is 24.6 Å². The monoisotopic (exact) mass is 373 g/mol. The summed E-state index contributed by atoms with van der Waals surface area (Å²) in [5.41, 5.74) is 4.45. The molecule has 0 bridgehead atoms. The maximum atomic E-state index is 4.48. The highest BCUT2D eigenvalue weighted by Gasteiger charge is 2.29. The van der Waals surface area contributed by atoms with Crippen LogP contribution in [0.1, 0.15) is 23.0 Å². The molecule has 3 heterocycles. The van der Waals surface area contributed by atoms with Gasteiger partial charge in [-0.05, 0) is 11.1 Å². The van der Waals surface area contributed by atoms with Gasteiger partial charge >= 0.3 is 0 Å². The summed E-state index contributed by atoms with van der Waals surface area (Å²) in [5, 5.41) is 8.92. The minimum absolute atomic E-state index is 0.213. The zero-order valence-corrected chi connectivity index (χ0v) is 15.6. The largest absolute Gasteiger partial charge is 0.308 e. The number of hydrogen-bond acceptors (Lipinski definition) is 5. The molecule has 134 valence electrons. The van der Waals surface area contributed by atoms with Crippen LogP contribution in [0.25, 0.3) is 10.7 Å². The number of nitrogens with zero attached hydrogens (tertiary/aromatic N) is 5. The molecule has 0 N–H and O–H groups in total. The normalized spacial score (nSPS) is 14.4. The number of aromatic nitrogens is 4. The van der Waals surface area contributed by atoms with Gasteiger partial charge in [0, 0.05) is 19.3 Å². The van der Waals surface area contributed by atoms with E-state index in [1.165, 1.54) is 11.1 Å². The van der Waals surface area contributed by atoms with E-state index >= 15 is 0 Å². The fourth-order valence-corrected chi connectivity index (χ4v) is 4.40. The maximum absolute atomic E-state index is 4.48. The standard InChI is InChI=1S/C21H19N5S/c1-3-7-16(8-4-1)20(17-9-5-2-6-10-17)25-11-12-26-19(14-25)23-24-21(26)18-13-22-15-27-18/h1-10,13,15,20H,11-12,14H2. The molecule has 0 amide bonds. The number of benzene rings is 2. The van der Waals surface area contributed by atoms with Gasteiger partial charge in [0.15, 0.2) is 5.82 Å². The molecule has 4 aromatic rings. The molecule has 5 rings (SSSR count). The second kappa shape index (κ2) is 7.06. The van der Waals surface area contributed by atoms with Crippen molar-refractivity contribution in [1.29, 1.82) is 0 Å². The number of thiazole rings is 1. The number of fused-ring (bicyclic) bond motifs is 1. The molecule has 0 radical (unpaired) electrons. The van der Waals surface area contributed by atoms with Crippen LogP contribution in [0.15, 0.2) is 72.4 Å². The Morgan fingerprint density at radius 2 is 1.56 bits per heavy atom. The zero-order valence-electron chi connectivity index (χ0n) is 14.8. The zero-order chi connectivity index (χ0) is 18.1. The van der Waals surface area contributed by atoms with Gasteiger partial charge in [0.05, 0.1) is 23.0 Å². The smallest absolute Gasteiger partial charge is 0.175 e. The molecule has 2 aromatic heterocycles. The minimum atomic E-state index is 0.213. The first kappa shape index (κ1) is 16.4. The van der Waals surface area contributed by atoms with E-state index in [0.29, 0.717) is 0 Å². The van der Waals surface area contributed by atoms with Crippen LogP contribution in [0, 0.1) is 0 Å². The van der Waals surface area contributed by atoms with Gasteiger partial charge in [-0.2, -0.15) is 0 Å². The Morgan fingerprint density at radius 3 is 2.19 bits per heavy atom. The first-order valence-corrected chi connectivity index (χ1v) is 9.93. The van der Waals surface area contributed by atoms with Gasteiger partial charge in [0.25, 0.3) is 0 Å². The summed E-state index contributed by atoms with van der Waals surface area (Å²) in [6.07, 6.45) is 1.87. The van der Waals surface area contributed by atoms with Gasteiger partial charge in [-0.1, -0.05) is 60.7 Å². The van der Waals surface area contributed by atoms with Gasteiger partial charge in [-0.15, -0.1) is 21.5 Å². The molecule has 0 atom stereocenters. The average Bonchev–Trinajstić information content (AvgIpc) is 3.39. The third kappa shape index (κ3) is 3.07. The van der Waals surface area contributed by atoms with Gasteiger partial charge < -0.3 is 4.57 Å². The highest BCUT2D eigenvalue weighted by atomic mass is 32.1. The molecule has 0 aliphatic carbocycles. The van der Waals surface area contributed by atoms with Crippen LogP contribution >= 0.6 is 11.3 Å². The lowest BCUT2D eigenvalue weighted by Gasteiger charge is -2.35. The molecule has 0 fully saturated rings. The Balaban J connectivity index is 1.50. The molecule has 0 spiro atoms. The van der Waals surface area contributed by atoms with Crippen molar-refractivity contribution in [3.8, 4) is 10.7 Å². The summed E-state index contributed by atoms with van der Waals surface area (Å²) in [7, 11) is 0. The minimum Gasteiger partial charge on any atom is -0.308 e. The molecule has 0 saturated carbocycles. The molecule has 1 aliphatic rings. The van der Waals surface area contributed by atoms with Crippen LogP contribution in [-0.2, 0) is 13.1 Å². The van der Waals surface area contributed by atoms with Crippen molar-refractivity contribution >= 4 is 11.3 Å². The van der Waals surface area contributed by atoms with Crippen molar-refractivity contribution in [2.75, 3.05) is 6.54 Å². The summed E-state index contributed by atoms with van der Waals surface area (Å²) in [6.45, 7) is 2.61. The van der Waals surface area contributed by atoms with E-state index in [1.807, 2.05) is 11.7 Å². The maximum Gasteiger partial charge on any atom is 0.175 e. The molecule has 6 heteroatoms. The predicted octanol–water partition coefficient (Wildman–Crippen LogP) is 4.01. The van der Waals surface area contributed by atoms with Crippen LogP contribution in [0.2, 0.25) is 0 Å². The lowest BCUT2D eigenvalue weighted by molar-refractivity contribution is 0.176. The molecular formula is C21H19N5S. The predicted molar refractivity (Wildman–Crippen MR) is 106 cm³/mol. The molecule has 2 aromatic carbocycles. The molecule has 5 nitrogen and oxygen atoms in total. The van der Waals surface area contributed by atoms with E-state index in [0.717, 1.165) is 36.2 Å². The van der Waals surface area contributed by atoms with Crippen molar-refractivity contribution in [2.24, 2.45) is 0 Å². The highest BCUT2D eigenvalue weighted by Crippen LogP contribution is 2.32. The summed E-state index contributed by atoms with van der Waals surface area (Å²) in [5.74, 6) is 1.95. The Morgan fingerprint density at radius 1 is 0.852 bits per heavy atom. The molecular weight excluding hydrogens is 354 g/mol. The first-order chi connectivity index (χ1) is 13.4. The van der Waals surface area contributed by atoms with Gasteiger partial charge in [0.1, 0.15) is 5.82 Å². The Kier molecular flexibility index (Phi) is 4.27. The summed E-state index contributed by atoms with van der Waals surface area (Å²) >= 11 is 1.61. The molecule has 0 saturated heterocycles. The van der Waals surface area contributed by atoms with E-state index in [1.54, 1.807) is 11.3 Å². The number of hydrogen-bond donors (Lipinski definition) is 0. The van der Waals surface area contributed by atoms with E-state index in [4.69, 9.17) is 0 Å². The molecule has 27 heavy (non-hydrogen) atoms. The Labute approximate surface area is 162 Å². The fraction of sp³-hybridized carbons (Fsp3) is 0.190. The second-order valence-corrected chi connectivity index (χ2v) is 7.54. The number of rotatable bonds is 4. The van der Waals surface area contributed by atoms with E-state index in [2.05, 4.69) is 85.3 Å². The molecule has 1 aliphatic heterocycles. The Hall–Kier alpha value is -2.83. The van der Waals surface area contributed by atoms with E-state index in [9.17, 15) is 0 Å². The molecule has 0 unspecified atom stereocenters. The van der Waals surface area contributed by atoms with Crippen LogP contribution in [0.4, 0.5) is 0 Å². The SMILES string of the molecule is c1ccc(C(c2ccccc2)N2CCn3c(nnc3-c3cncs3)C2)cc1. The third-order valence-corrected chi connectivity index (χ3v) is 5.80. The highest BCUT2D eigenvalue weighted by molar-refractivity contribution is 7.13. The summed E-state index contributed by atoms with van der Waals surface area (Å²) in [4.78, 5) is 7.74. The van der Waals surface area contributed by atoms with Crippen LogP contribution < -0.4 is 0 Å². The van der Waals surface area contributed by atoms with Crippen LogP contribution in [-0.4, -0.2) is 31.2 Å². The van der Waals surface area contributed by atoms with Crippen LogP contribution in [0.5, 0.6) is 0 Å². The lowest BCUT2D eigenvalue weighted by Crippen LogP contribution is -2.37. The third-order valence-electron chi connectivity index (χ3n) is 5.03. The summed E-state index contributed by atoms with van der Waals surface area (Å²) < 4.78 is 2.23. The van der Waals surface area contributed by atoms with Crippen LogP contribution in [0.3, 0.4) is 0 Å². The van der Waals surface area contributed by atoms with Crippen molar-refractivity contribution < 1.29 is 0 Å². The van der Waals surface area contributed by atoms with Crippen molar-refractivity contribution in [2.45, 2.75) is 19.1 Å².